The molecule has 0 saturated carbocycles. The van der Waals surface area contributed by atoms with E-state index in [1.165, 1.54) is 0 Å². The number of carbonyl (C=O) groups excluding carboxylic acids is 1. The summed E-state index contributed by atoms with van der Waals surface area (Å²) in [6.07, 6.45) is 1.15. The molecule has 1 aromatic carbocycles. The molecule has 2 aliphatic rings. The van der Waals surface area contributed by atoms with Crippen molar-refractivity contribution in [3.8, 4) is 5.00 Å². The first-order valence-electron chi connectivity index (χ1n) is 10.8. The van der Waals surface area contributed by atoms with Crippen LogP contribution in [-0.4, -0.2) is 57.6 Å². The van der Waals surface area contributed by atoms with E-state index in [9.17, 15) is 4.79 Å². The topological polar surface area (TPSA) is 72.6 Å². The van der Waals surface area contributed by atoms with Crippen molar-refractivity contribution in [2.75, 3.05) is 26.3 Å². The summed E-state index contributed by atoms with van der Waals surface area (Å²) < 4.78 is 7.45. The van der Waals surface area contributed by atoms with Gasteiger partial charge in [-0.15, -0.1) is 21.5 Å². The molecule has 0 bridgehead atoms. The smallest absolute Gasteiger partial charge is 0.223 e. The summed E-state index contributed by atoms with van der Waals surface area (Å²) in [6, 6.07) is 9.76. The van der Waals surface area contributed by atoms with Crippen LogP contribution >= 0.6 is 22.9 Å². The molecule has 1 atom stereocenters. The number of thiophene rings is 1. The molecule has 3 aromatic rings. The van der Waals surface area contributed by atoms with Gasteiger partial charge >= 0.3 is 0 Å². The number of aryl methyl sites for hydroxylation is 2. The van der Waals surface area contributed by atoms with Gasteiger partial charge in [0.1, 0.15) is 16.9 Å². The molecular formula is C23H24ClN5O2S. The normalized spacial score (nSPS) is 18.0. The number of halogens is 1. The summed E-state index contributed by atoms with van der Waals surface area (Å²) in [5.74, 6) is 1.80. The van der Waals surface area contributed by atoms with Gasteiger partial charge in [-0.05, 0) is 32.4 Å². The van der Waals surface area contributed by atoms with Crippen molar-refractivity contribution in [1.29, 1.82) is 0 Å². The number of hydrogen-bond acceptors (Lipinski definition) is 6. The van der Waals surface area contributed by atoms with Gasteiger partial charge in [-0.25, -0.2) is 0 Å². The number of aromatic nitrogens is 3. The van der Waals surface area contributed by atoms with Gasteiger partial charge in [0, 0.05) is 40.5 Å². The van der Waals surface area contributed by atoms with E-state index in [0.29, 0.717) is 44.2 Å². The molecule has 9 heteroatoms. The summed E-state index contributed by atoms with van der Waals surface area (Å²) >= 11 is 8.23. The second-order valence-electron chi connectivity index (χ2n) is 8.00. The van der Waals surface area contributed by atoms with Crippen LogP contribution in [0.1, 0.15) is 47.0 Å². The Hall–Kier alpha value is -2.55. The number of rotatable bonds is 4. The Kier molecular flexibility index (Phi) is 5.84. The molecule has 1 fully saturated rings. The average Bonchev–Trinajstić information content (AvgIpc) is 3.37. The third-order valence-corrected chi connectivity index (χ3v) is 7.36. The maximum atomic E-state index is 12.7. The van der Waals surface area contributed by atoms with Gasteiger partial charge in [-0.2, -0.15) is 0 Å². The lowest BCUT2D eigenvalue weighted by Crippen LogP contribution is -2.40. The molecule has 0 radical (unpaired) electrons. The number of nitrogens with zero attached hydrogens (tertiary/aromatic N) is 5. The molecule has 1 saturated heterocycles. The minimum Gasteiger partial charge on any atom is -0.378 e. The zero-order chi connectivity index (χ0) is 22.2. The fourth-order valence-electron chi connectivity index (χ4n) is 4.18. The zero-order valence-electron chi connectivity index (χ0n) is 18.0. The first kappa shape index (κ1) is 21.3. The number of amides is 1. The van der Waals surface area contributed by atoms with E-state index < -0.39 is 0 Å². The van der Waals surface area contributed by atoms with Crippen LogP contribution in [0.3, 0.4) is 0 Å². The lowest BCUT2D eigenvalue weighted by atomic mass is 10.0. The van der Waals surface area contributed by atoms with Crippen LogP contribution in [0.25, 0.3) is 5.00 Å². The lowest BCUT2D eigenvalue weighted by molar-refractivity contribution is -0.135. The Morgan fingerprint density at radius 1 is 1.22 bits per heavy atom. The number of fused-ring (bicyclic) bond motifs is 3. The summed E-state index contributed by atoms with van der Waals surface area (Å²) in [6.45, 7) is 6.55. The van der Waals surface area contributed by atoms with Gasteiger partial charge in [-0.1, -0.05) is 29.8 Å². The Morgan fingerprint density at radius 3 is 2.78 bits per heavy atom. The summed E-state index contributed by atoms with van der Waals surface area (Å²) in [7, 11) is 0. The van der Waals surface area contributed by atoms with E-state index >= 15 is 0 Å². The summed E-state index contributed by atoms with van der Waals surface area (Å²) in [5.41, 5.74) is 2.75. The van der Waals surface area contributed by atoms with Crippen LogP contribution in [0.4, 0.5) is 0 Å². The van der Waals surface area contributed by atoms with Gasteiger partial charge in [0.05, 0.1) is 18.9 Å². The van der Waals surface area contributed by atoms with E-state index in [2.05, 4.69) is 20.8 Å². The highest BCUT2D eigenvalue weighted by Gasteiger charge is 2.29. The van der Waals surface area contributed by atoms with Crippen LogP contribution < -0.4 is 0 Å². The Bertz CT molecular complexity index is 1190. The van der Waals surface area contributed by atoms with E-state index in [1.807, 2.05) is 43.0 Å². The molecule has 1 amide bonds. The van der Waals surface area contributed by atoms with Gasteiger partial charge < -0.3 is 9.64 Å². The fourth-order valence-corrected chi connectivity index (χ4v) is 5.62. The predicted octanol–water partition coefficient (Wildman–Crippen LogP) is 3.99. The molecule has 0 N–H and O–H groups in total. The van der Waals surface area contributed by atoms with Crippen LogP contribution in [0.15, 0.2) is 35.3 Å². The quantitative estimate of drug-likeness (QED) is 0.579. The highest BCUT2D eigenvalue weighted by atomic mass is 35.5. The number of hydrogen-bond donors (Lipinski definition) is 0. The van der Waals surface area contributed by atoms with Crippen LogP contribution in [0.5, 0.6) is 0 Å². The SMILES string of the molecule is Cc1nnc2n1-c1sc(CCC(=O)N3CCOCC3)cc1C(c1ccccc1Cl)=NC2C. The van der Waals surface area contributed by atoms with Crippen LogP contribution in [0.2, 0.25) is 5.02 Å². The molecule has 2 aliphatic heterocycles. The highest BCUT2D eigenvalue weighted by Crippen LogP contribution is 2.37. The van der Waals surface area contributed by atoms with Crippen LogP contribution in [-0.2, 0) is 16.0 Å². The second-order valence-corrected chi connectivity index (χ2v) is 9.52. The first-order valence-corrected chi connectivity index (χ1v) is 12.0. The fraction of sp³-hybridized carbons (Fsp3) is 0.391. The molecule has 0 spiro atoms. The monoisotopic (exact) mass is 469 g/mol. The van der Waals surface area contributed by atoms with Crippen molar-refractivity contribution in [2.24, 2.45) is 4.99 Å². The summed E-state index contributed by atoms with van der Waals surface area (Å²) in [4.78, 5) is 20.7. The minimum absolute atomic E-state index is 0.159. The molecule has 4 heterocycles. The molecule has 0 aliphatic carbocycles. The Labute approximate surface area is 195 Å². The van der Waals surface area contributed by atoms with Crippen molar-refractivity contribution < 1.29 is 9.53 Å². The Balaban J connectivity index is 1.52. The van der Waals surface area contributed by atoms with E-state index in [1.54, 1.807) is 11.3 Å². The number of aliphatic imine (C=N–C) groups is 1. The van der Waals surface area contributed by atoms with Gasteiger partial charge in [0.25, 0.3) is 0 Å². The number of carbonyl (C=O) groups is 1. The molecule has 7 nitrogen and oxygen atoms in total. The highest BCUT2D eigenvalue weighted by molar-refractivity contribution is 7.15. The maximum absolute atomic E-state index is 12.7. The molecular weight excluding hydrogens is 446 g/mol. The standard InChI is InChI=1S/C23H24ClN5O2S/c1-14-22-27-26-15(2)29(22)23-18(21(25-14)17-5-3-4-6-19(17)24)13-16(32-23)7-8-20(30)28-9-11-31-12-10-28/h3-6,13-14H,7-12H2,1-2H3. The number of benzene rings is 1. The molecule has 5 rings (SSSR count). The Morgan fingerprint density at radius 2 is 2.00 bits per heavy atom. The second kappa shape index (κ2) is 8.77. The number of ether oxygens (including phenoxy) is 1. The molecule has 32 heavy (non-hydrogen) atoms. The van der Waals surface area contributed by atoms with Crippen molar-refractivity contribution in [2.45, 2.75) is 32.7 Å². The maximum Gasteiger partial charge on any atom is 0.223 e. The van der Waals surface area contributed by atoms with Crippen molar-refractivity contribution in [3.63, 3.8) is 0 Å². The van der Waals surface area contributed by atoms with Crippen molar-refractivity contribution >= 4 is 34.6 Å². The van der Waals surface area contributed by atoms with Gasteiger partial charge in [0.15, 0.2) is 5.82 Å². The van der Waals surface area contributed by atoms with E-state index in [-0.39, 0.29) is 11.9 Å². The lowest BCUT2D eigenvalue weighted by Gasteiger charge is -2.26. The molecule has 166 valence electrons. The largest absolute Gasteiger partial charge is 0.378 e. The molecule has 2 aromatic heterocycles. The third kappa shape index (κ3) is 3.87. The van der Waals surface area contributed by atoms with E-state index in [0.717, 1.165) is 38.4 Å². The first-order chi connectivity index (χ1) is 15.5. The van der Waals surface area contributed by atoms with Crippen LogP contribution in [0, 0.1) is 6.92 Å². The van der Waals surface area contributed by atoms with Crippen molar-refractivity contribution in [3.05, 3.63) is 63.0 Å². The van der Waals surface area contributed by atoms with Gasteiger partial charge in [0.2, 0.25) is 5.91 Å². The minimum atomic E-state index is -0.159. The van der Waals surface area contributed by atoms with Gasteiger partial charge in [-0.3, -0.25) is 14.4 Å². The van der Waals surface area contributed by atoms with E-state index in [4.69, 9.17) is 21.3 Å². The third-order valence-electron chi connectivity index (χ3n) is 5.85. The zero-order valence-corrected chi connectivity index (χ0v) is 19.6. The average molecular weight is 470 g/mol. The summed E-state index contributed by atoms with van der Waals surface area (Å²) in [5, 5.41) is 10.4. The predicted molar refractivity (Wildman–Crippen MR) is 125 cm³/mol. The number of morpholine rings is 1. The van der Waals surface area contributed by atoms with Crippen molar-refractivity contribution in [1.82, 2.24) is 19.7 Å². The molecule has 1 unspecified atom stereocenters.